The summed E-state index contributed by atoms with van der Waals surface area (Å²) in [5.41, 5.74) is 5.90. The normalized spacial score (nSPS) is 14.6. The number of hydrogen-bond acceptors (Lipinski definition) is 3. The van der Waals surface area contributed by atoms with Gasteiger partial charge >= 0.3 is 0 Å². The SMILES string of the molecule is NCc1cc(F)c(N(Cc2ccco2)C2CC2)c(F)c1. The lowest BCUT2D eigenvalue weighted by molar-refractivity contribution is 0.493. The first kappa shape index (κ1) is 13.1. The molecule has 0 aliphatic heterocycles. The summed E-state index contributed by atoms with van der Waals surface area (Å²) < 4.78 is 33.7. The van der Waals surface area contributed by atoms with Crippen LogP contribution < -0.4 is 10.6 Å². The Morgan fingerprint density at radius 1 is 1.25 bits per heavy atom. The van der Waals surface area contributed by atoms with Crippen molar-refractivity contribution in [3.63, 3.8) is 0 Å². The van der Waals surface area contributed by atoms with Crippen molar-refractivity contribution in [3.8, 4) is 0 Å². The number of halogens is 2. The summed E-state index contributed by atoms with van der Waals surface area (Å²) in [6, 6.07) is 6.35. The fourth-order valence-corrected chi connectivity index (χ4v) is 2.36. The van der Waals surface area contributed by atoms with Crippen molar-refractivity contribution < 1.29 is 13.2 Å². The predicted molar refractivity (Wildman–Crippen MR) is 72.2 cm³/mol. The van der Waals surface area contributed by atoms with E-state index in [-0.39, 0.29) is 18.3 Å². The van der Waals surface area contributed by atoms with Gasteiger partial charge in [-0.05, 0) is 42.7 Å². The first-order valence-electron chi connectivity index (χ1n) is 6.66. The number of furan rings is 1. The van der Waals surface area contributed by atoms with Crippen molar-refractivity contribution in [2.24, 2.45) is 5.73 Å². The molecule has 1 heterocycles. The Hall–Kier alpha value is -1.88. The zero-order valence-electron chi connectivity index (χ0n) is 11.0. The molecule has 5 heteroatoms. The second-order valence-corrected chi connectivity index (χ2v) is 5.05. The minimum absolute atomic E-state index is 0.0149. The quantitative estimate of drug-likeness (QED) is 0.913. The lowest BCUT2D eigenvalue weighted by Gasteiger charge is -2.25. The molecule has 1 aromatic heterocycles. The Balaban J connectivity index is 1.95. The molecule has 0 bridgehead atoms. The molecule has 2 aromatic rings. The lowest BCUT2D eigenvalue weighted by atomic mass is 10.1. The Labute approximate surface area is 116 Å². The first-order valence-corrected chi connectivity index (χ1v) is 6.66. The number of nitrogens with zero attached hydrogens (tertiary/aromatic N) is 1. The molecule has 0 unspecified atom stereocenters. The molecule has 1 saturated carbocycles. The Kier molecular flexibility index (Phi) is 3.44. The van der Waals surface area contributed by atoms with Crippen LogP contribution in [0.15, 0.2) is 34.9 Å². The minimum atomic E-state index is -0.566. The third-order valence-electron chi connectivity index (χ3n) is 3.49. The highest BCUT2D eigenvalue weighted by atomic mass is 19.1. The number of hydrogen-bond donors (Lipinski definition) is 1. The second-order valence-electron chi connectivity index (χ2n) is 5.05. The van der Waals surface area contributed by atoms with Crippen LogP contribution in [0.3, 0.4) is 0 Å². The zero-order chi connectivity index (χ0) is 14.1. The van der Waals surface area contributed by atoms with Crippen LogP contribution in [0, 0.1) is 11.6 Å². The van der Waals surface area contributed by atoms with Gasteiger partial charge in [0, 0.05) is 12.6 Å². The highest BCUT2D eigenvalue weighted by molar-refractivity contribution is 5.52. The average molecular weight is 278 g/mol. The van der Waals surface area contributed by atoms with E-state index >= 15 is 0 Å². The smallest absolute Gasteiger partial charge is 0.149 e. The van der Waals surface area contributed by atoms with Crippen LogP contribution in [-0.2, 0) is 13.1 Å². The summed E-state index contributed by atoms with van der Waals surface area (Å²) in [5, 5.41) is 0. The standard InChI is InChI=1S/C15H16F2N2O/c16-13-6-10(8-18)7-14(17)15(13)19(11-3-4-11)9-12-2-1-5-20-12/h1-2,5-7,11H,3-4,8-9,18H2. The molecule has 1 aliphatic rings. The van der Waals surface area contributed by atoms with Gasteiger partial charge in [0.15, 0.2) is 0 Å². The summed E-state index contributed by atoms with van der Waals surface area (Å²) in [6.45, 7) is 0.489. The van der Waals surface area contributed by atoms with Gasteiger partial charge < -0.3 is 15.1 Å². The summed E-state index contributed by atoms with van der Waals surface area (Å²) in [7, 11) is 0. The molecule has 3 rings (SSSR count). The van der Waals surface area contributed by atoms with Gasteiger partial charge in [-0.2, -0.15) is 0 Å². The molecule has 0 saturated heterocycles. The Morgan fingerprint density at radius 3 is 2.45 bits per heavy atom. The van der Waals surface area contributed by atoms with Gasteiger partial charge in [-0.25, -0.2) is 8.78 Å². The van der Waals surface area contributed by atoms with Crippen LogP contribution in [0.1, 0.15) is 24.2 Å². The molecule has 0 atom stereocenters. The monoisotopic (exact) mass is 278 g/mol. The van der Waals surface area contributed by atoms with Crippen molar-refractivity contribution >= 4 is 5.69 Å². The van der Waals surface area contributed by atoms with Gasteiger partial charge in [0.1, 0.15) is 23.1 Å². The fraction of sp³-hybridized carbons (Fsp3) is 0.333. The molecule has 1 aromatic carbocycles. The van der Waals surface area contributed by atoms with E-state index in [0.29, 0.717) is 17.9 Å². The maximum absolute atomic E-state index is 14.2. The Bertz CT molecular complexity index is 571. The molecule has 0 amide bonds. The van der Waals surface area contributed by atoms with Crippen LogP contribution >= 0.6 is 0 Å². The van der Waals surface area contributed by atoms with E-state index in [1.54, 1.807) is 23.3 Å². The highest BCUT2D eigenvalue weighted by Crippen LogP contribution is 2.36. The summed E-state index contributed by atoms with van der Waals surface area (Å²) in [6.07, 6.45) is 3.45. The zero-order valence-corrected chi connectivity index (χ0v) is 11.0. The number of rotatable bonds is 5. The molecule has 3 nitrogen and oxygen atoms in total. The Morgan fingerprint density at radius 2 is 1.95 bits per heavy atom. The van der Waals surface area contributed by atoms with Crippen LogP contribution in [-0.4, -0.2) is 6.04 Å². The van der Waals surface area contributed by atoms with Crippen molar-refractivity contribution in [3.05, 3.63) is 53.5 Å². The van der Waals surface area contributed by atoms with E-state index in [9.17, 15) is 8.78 Å². The van der Waals surface area contributed by atoms with Crippen molar-refractivity contribution in [2.45, 2.75) is 32.0 Å². The van der Waals surface area contributed by atoms with E-state index in [2.05, 4.69) is 0 Å². The highest BCUT2D eigenvalue weighted by Gasteiger charge is 2.33. The van der Waals surface area contributed by atoms with E-state index in [0.717, 1.165) is 12.8 Å². The molecule has 1 aliphatic carbocycles. The van der Waals surface area contributed by atoms with E-state index < -0.39 is 11.6 Å². The van der Waals surface area contributed by atoms with Gasteiger partial charge in [0.25, 0.3) is 0 Å². The van der Waals surface area contributed by atoms with Gasteiger partial charge in [-0.15, -0.1) is 0 Å². The molecule has 0 spiro atoms. The third-order valence-corrected chi connectivity index (χ3v) is 3.49. The number of anilines is 1. The van der Waals surface area contributed by atoms with Crippen LogP contribution in [0.25, 0.3) is 0 Å². The fourth-order valence-electron chi connectivity index (χ4n) is 2.36. The van der Waals surface area contributed by atoms with Gasteiger partial charge in [0.2, 0.25) is 0 Å². The molecular formula is C15H16F2N2O. The molecule has 20 heavy (non-hydrogen) atoms. The first-order chi connectivity index (χ1) is 9.69. The van der Waals surface area contributed by atoms with Gasteiger partial charge in [-0.1, -0.05) is 0 Å². The second kappa shape index (κ2) is 5.25. The molecular weight excluding hydrogens is 262 g/mol. The average Bonchev–Trinajstić information content (AvgIpc) is 3.14. The topological polar surface area (TPSA) is 42.4 Å². The van der Waals surface area contributed by atoms with E-state index in [4.69, 9.17) is 10.2 Å². The summed E-state index contributed by atoms with van der Waals surface area (Å²) >= 11 is 0. The molecule has 106 valence electrons. The van der Waals surface area contributed by atoms with Crippen molar-refractivity contribution in [1.82, 2.24) is 0 Å². The van der Waals surface area contributed by atoms with Crippen LogP contribution in [0.2, 0.25) is 0 Å². The minimum Gasteiger partial charge on any atom is -0.467 e. The molecule has 0 radical (unpaired) electrons. The van der Waals surface area contributed by atoms with E-state index in [1.807, 2.05) is 0 Å². The lowest BCUT2D eigenvalue weighted by Crippen LogP contribution is -2.27. The van der Waals surface area contributed by atoms with Crippen LogP contribution in [0.5, 0.6) is 0 Å². The van der Waals surface area contributed by atoms with Gasteiger partial charge in [0.05, 0.1) is 12.8 Å². The number of benzene rings is 1. The van der Waals surface area contributed by atoms with Crippen molar-refractivity contribution in [2.75, 3.05) is 4.90 Å². The van der Waals surface area contributed by atoms with Crippen LogP contribution in [0.4, 0.5) is 14.5 Å². The third kappa shape index (κ3) is 2.54. The van der Waals surface area contributed by atoms with Gasteiger partial charge in [-0.3, -0.25) is 0 Å². The number of nitrogens with two attached hydrogens (primary N) is 1. The summed E-state index contributed by atoms with van der Waals surface area (Å²) in [5.74, 6) is -0.439. The van der Waals surface area contributed by atoms with Crippen molar-refractivity contribution in [1.29, 1.82) is 0 Å². The molecule has 2 N–H and O–H groups in total. The summed E-state index contributed by atoms with van der Waals surface area (Å²) in [4.78, 5) is 1.74. The maximum Gasteiger partial charge on any atom is 0.149 e. The van der Waals surface area contributed by atoms with E-state index in [1.165, 1.54) is 12.1 Å². The maximum atomic E-state index is 14.2. The molecule has 1 fully saturated rings. The largest absolute Gasteiger partial charge is 0.467 e. The predicted octanol–water partition coefficient (Wildman–Crippen LogP) is 3.19.